The van der Waals surface area contributed by atoms with E-state index in [1.807, 2.05) is 17.5 Å². The zero-order valence-corrected chi connectivity index (χ0v) is 14.2. The molecule has 3 aromatic heterocycles. The number of carbonyl (C=O) groups is 1. The number of amides is 1. The van der Waals surface area contributed by atoms with Crippen molar-refractivity contribution in [3.05, 3.63) is 57.8 Å². The molecule has 0 aliphatic rings. The van der Waals surface area contributed by atoms with E-state index < -0.39 is 0 Å². The minimum absolute atomic E-state index is 0.174. The van der Waals surface area contributed by atoms with E-state index in [1.165, 1.54) is 23.9 Å². The Morgan fingerprint density at radius 1 is 1.24 bits per heavy atom. The molecule has 0 saturated carbocycles. The van der Waals surface area contributed by atoms with Gasteiger partial charge in [0.05, 0.1) is 18.5 Å². The van der Waals surface area contributed by atoms with Crippen LogP contribution in [0.15, 0.2) is 46.6 Å². The summed E-state index contributed by atoms with van der Waals surface area (Å²) in [5.41, 5.74) is 0.675. The first-order chi connectivity index (χ1) is 12.2. The first kappa shape index (κ1) is 16.8. The first-order valence-electron chi connectivity index (χ1n) is 7.45. The SMILES string of the molecule is COc1ccc(C(=O)NCCn2nc(-c3cccs3)ccc2=O)nn1. The highest BCUT2D eigenvalue weighted by atomic mass is 32.1. The molecule has 3 heterocycles. The second kappa shape index (κ2) is 7.67. The Kier molecular flexibility index (Phi) is 5.14. The zero-order chi connectivity index (χ0) is 17.6. The number of ether oxygens (including phenoxy) is 1. The summed E-state index contributed by atoms with van der Waals surface area (Å²) in [6, 6.07) is 10.1. The van der Waals surface area contributed by atoms with Gasteiger partial charge >= 0.3 is 0 Å². The molecule has 1 amide bonds. The number of hydrogen-bond donors (Lipinski definition) is 1. The van der Waals surface area contributed by atoms with Crippen LogP contribution in [0.1, 0.15) is 10.5 Å². The second-order valence-corrected chi connectivity index (χ2v) is 5.92. The third-order valence-electron chi connectivity index (χ3n) is 3.33. The third kappa shape index (κ3) is 4.07. The van der Waals surface area contributed by atoms with Gasteiger partial charge in [-0.05, 0) is 23.6 Å². The molecule has 128 valence electrons. The Morgan fingerprint density at radius 3 is 2.80 bits per heavy atom. The molecule has 0 aliphatic carbocycles. The van der Waals surface area contributed by atoms with Crippen molar-refractivity contribution in [3.63, 3.8) is 0 Å². The number of carbonyl (C=O) groups excluding carboxylic acids is 1. The van der Waals surface area contributed by atoms with Crippen molar-refractivity contribution in [3.8, 4) is 16.5 Å². The van der Waals surface area contributed by atoms with Crippen LogP contribution in [0.2, 0.25) is 0 Å². The van der Waals surface area contributed by atoms with Gasteiger partial charge in [0.2, 0.25) is 5.88 Å². The van der Waals surface area contributed by atoms with E-state index in [1.54, 1.807) is 23.5 Å². The minimum atomic E-state index is -0.377. The number of nitrogens with zero attached hydrogens (tertiary/aromatic N) is 4. The predicted molar refractivity (Wildman–Crippen MR) is 92.7 cm³/mol. The lowest BCUT2D eigenvalue weighted by molar-refractivity contribution is 0.0945. The molecule has 3 aromatic rings. The van der Waals surface area contributed by atoms with Crippen LogP contribution >= 0.6 is 11.3 Å². The maximum atomic E-state index is 12.0. The normalized spacial score (nSPS) is 10.4. The van der Waals surface area contributed by atoms with Crippen LogP contribution in [0.25, 0.3) is 10.6 Å². The molecule has 3 rings (SSSR count). The van der Waals surface area contributed by atoms with Crippen LogP contribution in [0.3, 0.4) is 0 Å². The fourth-order valence-electron chi connectivity index (χ4n) is 2.08. The van der Waals surface area contributed by atoms with Crippen molar-refractivity contribution in [2.75, 3.05) is 13.7 Å². The molecule has 8 nitrogen and oxygen atoms in total. The average Bonchev–Trinajstić information content (AvgIpc) is 3.18. The molecule has 0 saturated heterocycles. The van der Waals surface area contributed by atoms with E-state index in [4.69, 9.17) is 4.74 Å². The van der Waals surface area contributed by atoms with Crippen molar-refractivity contribution in [1.82, 2.24) is 25.3 Å². The van der Waals surface area contributed by atoms with Gasteiger partial charge in [-0.2, -0.15) is 5.10 Å². The fraction of sp³-hybridized carbons (Fsp3) is 0.188. The third-order valence-corrected chi connectivity index (χ3v) is 4.22. The molecule has 25 heavy (non-hydrogen) atoms. The quantitative estimate of drug-likeness (QED) is 0.712. The molecule has 0 aliphatic heterocycles. The minimum Gasteiger partial charge on any atom is -0.480 e. The van der Waals surface area contributed by atoms with E-state index in [0.29, 0.717) is 5.88 Å². The number of rotatable bonds is 6. The monoisotopic (exact) mass is 357 g/mol. The predicted octanol–water partition coefficient (Wildman–Crippen LogP) is 1.20. The van der Waals surface area contributed by atoms with E-state index in [0.717, 1.165) is 10.6 Å². The van der Waals surface area contributed by atoms with Crippen LogP contribution in [-0.2, 0) is 6.54 Å². The summed E-state index contributed by atoms with van der Waals surface area (Å²) in [7, 11) is 1.47. The van der Waals surface area contributed by atoms with Gasteiger partial charge in [0.1, 0.15) is 5.69 Å². The summed E-state index contributed by atoms with van der Waals surface area (Å²) in [5.74, 6) is -0.0460. The van der Waals surface area contributed by atoms with Crippen molar-refractivity contribution >= 4 is 17.2 Å². The van der Waals surface area contributed by atoms with E-state index in [-0.39, 0.29) is 30.2 Å². The Hall–Kier alpha value is -3.07. The summed E-state index contributed by atoms with van der Waals surface area (Å²) >= 11 is 1.55. The lowest BCUT2D eigenvalue weighted by Gasteiger charge is -2.07. The molecule has 0 bridgehead atoms. The molecule has 9 heteroatoms. The standard InChI is InChI=1S/C16H15N5O3S/c1-24-14-6-4-12(18-19-14)16(23)17-8-9-21-15(22)7-5-11(20-21)13-3-2-10-25-13/h2-7,10H,8-9H2,1H3,(H,17,23). The Labute approximate surface area is 147 Å². The molecular weight excluding hydrogens is 342 g/mol. The number of thiophene rings is 1. The van der Waals surface area contributed by atoms with Crippen LogP contribution in [0, 0.1) is 0 Å². The molecule has 0 radical (unpaired) electrons. The topological polar surface area (TPSA) is 99.0 Å². The van der Waals surface area contributed by atoms with Gasteiger partial charge in [0.15, 0.2) is 5.69 Å². The maximum absolute atomic E-state index is 12.0. The molecule has 1 N–H and O–H groups in total. The highest BCUT2D eigenvalue weighted by Gasteiger charge is 2.09. The Morgan fingerprint density at radius 2 is 2.12 bits per heavy atom. The number of hydrogen-bond acceptors (Lipinski definition) is 7. The summed E-state index contributed by atoms with van der Waals surface area (Å²) in [6.45, 7) is 0.501. The highest BCUT2D eigenvalue weighted by Crippen LogP contribution is 2.20. The lowest BCUT2D eigenvalue weighted by atomic mass is 10.3. The van der Waals surface area contributed by atoms with Crippen molar-refractivity contribution < 1.29 is 9.53 Å². The van der Waals surface area contributed by atoms with Gasteiger partial charge < -0.3 is 10.1 Å². The molecule has 0 fully saturated rings. The molecular formula is C16H15N5O3S. The number of aromatic nitrogens is 4. The summed E-state index contributed by atoms with van der Waals surface area (Å²) in [6.07, 6.45) is 0. The largest absolute Gasteiger partial charge is 0.480 e. The van der Waals surface area contributed by atoms with Gasteiger partial charge in [-0.1, -0.05) is 6.07 Å². The fourth-order valence-corrected chi connectivity index (χ4v) is 2.77. The van der Waals surface area contributed by atoms with Gasteiger partial charge in [-0.3, -0.25) is 9.59 Å². The zero-order valence-electron chi connectivity index (χ0n) is 13.4. The molecule has 0 spiro atoms. The van der Waals surface area contributed by atoms with Crippen LogP contribution < -0.4 is 15.6 Å². The molecule has 0 aromatic carbocycles. The van der Waals surface area contributed by atoms with E-state index in [2.05, 4.69) is 20.6 Å². The summed E-state index contributed by atoms with van der Waals surface area (Å²) < 4.78 is 6.22. The second-order valence-electron chi connectivity index (χ2n) is 4.97. The van der Waals surface area contributed by atoms with Crippen molar-refractivity contribution in [2.24, 2.45) is 0 Å². The first-order valence-corrected chi connectivity index (χ1v) is 8.33. The van der Waals surface area contributed by atoms with Gasteiger partial charge in [-0.15, -0.1) is 21.5 Å². The molecule has 0 atom stereocenters. The smallest absolute Gasteiger partial charge is 0.271 e. The van der Waals surface area contributed by atoms with Gasteiger partial charge in [0.25, 0.3) is 11.5 Å². The van der Waals surface area contributed by atoms with Gasteiger partial charge in [-0.25, -0.2) is 4.68 Å². The average molecular weight is 357 g/mol. The van der Waals surface area contributed by atoms with Crippen molar-refractivity contribution in [2.45, 2.75) is 6.54 Å². The molecule has 0 unspecified atom stereocenters. The van der Waals surface area contributed by atoms with Crippen LogP contribution in [0.4, 0.5) is 0 Å². The van der Waals surface area contributed by atoms with Crippen LogP contribution in [-0.4, -0.2) is 39.5 Å². The lowest BCUT2D eigenvalue weighted by Crippen LogP contribution is -2.32. The maximum Gasteiger partial charge on any atom is 0.271 e. The Balaban J connectivity index is 1.62. The number of nitrogens with one attached hydrogen (secondary N) is 1. The number of methoxy groups -OCH3 is 1. The van der Waals surface area contributed by atoms with Gasteiger partial charge in [0, 0.05) is 18.7 Å². The van der Waals surface area contributed by atoms with E-state index >= 15 is 0 Å². The summed E-state index contributed by atoms with van der Waals surface area (Å²) in [5, 5.41) is 16.5. The Bertz CT molecular complexity index is 906. The van der Waals surface area contributed by atoms with E-state index in [9.17, 15) is 9.59 Å². The summed E-state index contributed by atoms with van der Waals surface area (Å²) in [4.78, 5) is 24.9. The highest BCUT2D eigenvalue weighted by molar-refractivity contribution is 7.13. The van der Waals surface area contributed by atoms with Crippen LogP contribution in [0.5, 0.6) is 5.88 Å². The van der Waals surface area contributed by atoms with Crippen molar-refractivity contribution in [1.29, 1.82) is 0 Å².